The molecule has 0 bridgehead atoms. The lowest BCUT2D eigenvalue weighted by Gasteiger charge is -2.26. The molecular weight excluding hydrogens is 323 g/mol. The van der Waals surface area contributed by atoms with Crippen LogP contribution in [0.1, 0.15) is 31.4 Å². The lowest BCUT2D eigenvalue weighted by atomic mass is 10.0. The minimum atomic E-state index is -0.423. The summed E-state index contributed by atoms with van der Waals surface area (Å²) >= 11 is 18.0. The molecule has 1 aromatic carbocycles. The van der Waals surface area contributed by atoms with Crippen molar-refractivity contribution in [2.45, 2.75) is 31.8 Å². The van der Waals surface area contributed by atoms with E-state index in [1.54, 1.807) is 12.1 Å². The number of carbonyl (C=O) groups excluding carboxylic acids is 2. The summed E-state index contributed by atoms with van der Waals surface area (Å²) in [4.78, 5) is 22.8. The second-order valence-electron chi connectivity index (χ2n) is 4.66. The van der Waals surface area contributed by atoms with Gasteiger partial charge in [0.2, 0.25) is 11.8 Å². The Labute approximate surface area is 131 Å². The van der Waals surface area contributed by atoms with Crippen LogP contribution in [0.5, 0.6) is 0 Å². The highest BCUT2D eigenvalue weighted by molar-refractivity contribution is 6.48. The Bertz CT molecular complexity index is 563. The summed E-state index contributed by atoms with van der Waals surface area (Å²) in [6.45, 7) is 1.87. The summed E-state index contributed by atoms with van der Waals surface area (Å²) in [6, 6.07) is 2.81. The van der Waals surface area contributed by atoms with Crippen LogP contribution < -0.4 is 10.6 Å². The van der Waals surface area contributed by atoms with Crippen LogP contribution in [0.25, 0.3) is 0 Å². The normalized spacial score (nSPS) is 20.7. The maximum absolute atomic E-state index is 11.7. The maximum atomic E-state index is 11.7. The van der Waals surface area contributed by atoms with E-state index in [-0.39, 0.29) is 17.9 Å². The molecule has 1 aliphatic rings. The summed E-state index contributed by atoms with van der Waals surface area (Å²) in [6.07, 6.45) is 0.791. The number of hydrogen-bond acceptors (Lipinski definition) is 3. The average Bonchev–Trinajstić information content (AvgIpc) is 2.39. The first kappa shape index (κ1) is 15.6. The Morgan fingerprint density at radius 1 is 1.25 bits per heavy atom. The fourth-order valence-corrected chi connectivity index (χ4v) is 2.83. The minimum Gasteiger partial charge on any atom is -0.299 e. The van der Waals surface area contributed by atoms with Crippen LogP contribution in [0.3, 0.4) is 0 Å². The highest BCUT2D eigenvalue weighted by atomic mass is 35.5. The first-order valence-corrected chi connectivity index (χ1v) is 7.26. The summed E-state index contributed by atoms with van der Waals surface area (Å²) in [5.41, 5.74) is 0.755. The molecule has 1 saturated heterocycles. The number of benzene rings is 1. The van der Waals surface area contributed by atoms with Crippen molar-refractivity contribution >= 4 is 46.6 Å². The molecule has 4 nitrogen and oxygen atoms in total. The van der Waals surface area contributed by atoms with E-state index in [0.717, 1.165) is 5.56 Å². The molecule has 1 fully saturated rings. The zero-order valence-electron chi connectivity index (χ0n) is 10.7. The first-order valence-electron chi connectivity index (χ1n) is 6.13. The molecule has 0 aromatic heterocycles. The van der Waals surface area contributed by atoms with Gasteiger partial charge < -0.3 is 0 Å². The zero-order chi connectivity index (χ0) is 14.9. The molecule has 2 rings (SSSR count). The van der Waals surface area contributed by atoms with E-state index in [1.165, 1.54) is 0 Å². The van der Waals surface area contributed by atoms with Crippen molar-refractivity contribution in [2.75, 3.05) is 0 Å². The Morgan fingerprint density at radius 3 is 2.60 bits per heavy atom. The largest absolute Gasteiger partial charge is 0.299 e. The van der Waals surface area contributed by atoms with Gasteiger partial charge in [-0.3, -0.25) is 20.2 Å². The van der Waals surface area contributed by atoms with Crippen molar-refractivity contribution in [2.24, 2.45) is 0 Å². The van der Waals surface area contributed by atoms with E-state index in [1.807, 2.05) is 6.92 Å². The van der Waals surface area contributed by atoms with Crippen molar-refractivity contribution in [3.05, 3.63) is 32.8 Å². The predicted molar refractivity (Wildman–Crippen MR) is 79.2 cm³/mol. The molecule has 1 aromatic rings. The molecule has 108 valence electrons. The lowest BCUT2D eigenvalue weighted by molar-refractivity contribution is -0.134. The number of imide groups is 1. The van der Waals surface area contributed by atoms with Crippen molar-refractivity contribution in [1.29, 1.82) is 0 Å². The fraction of sp³-hybridized carbons (Fsp3) is 0.385. The summed E-state index contributed by atoms with van der Waals surface area (Å²) in [5, 5.41) is 6.49. The molecule has 2 amide bonds. The monoisotopic (exact) mass is 334 g/mol. The van der Waals surface area contributed by atoms with Gasteiger partial charge in [-0.2, -0.15) is 0 Å². The second kappa shape index (κ2) is 6.31. The van der Waals surface area contributed by atoms with Crippen LogP contribution in [0.4, 0.5) is 0 Å². The molecule has 2 atom stereocenters. The van der Waals surface area contributed by atoms with Gasteiger partial charge in [-0.15, -0.1) is 0 Å². The lowest BCUT2D eigenvalue weighted by Crippen LogP contribution is -2.51. The van der Waals surface area contributed by atoms with Gasteiger partial charge in [-0.25, -0.2) is 0 Å². The molecule has 2 N–H and O–H groups in total. The topological polar surface area (TPSA) is 58.2 Å². The third-order valence-corrected chi connectivity index (χ3v) is 4.53. The van der Waals surface area contributed by atoms with Gasteiger partial charge in [0, 0.05) is 12.5 Å². The fourth-order valence-electron chi connectivity index (χ4n) is 2.12. The molecule has 2 unspecified atom stereocenters. The van der Waals surface area contributed by atoms with Crippen molar-refractivity contribution in [1.82, 2.24) is 10.6 Å². The van der Waals surface area contributed by atoms with E-state index < -0.39 is 6.04 Å². The van der Waals surface area contributed by atoms with E-state index in [0.29, 0.717) is 27.9 Å². The number of nitrogens with one attached hydrogen (secondary N) is 2. The Hall–Kier alpha value is -0.810. The number of rotatable bonds is 3. The number of carbonyl (C=O) groups is 2. The molecule has 0 spiro atoms. The quantitative estimate of drug-likeness (QED) is 0.659. The summed E-state index contributed by atoms with van der Waals surface area (Å²) in [5.74, 6) is -0.558. The van der Waals surface area contributed by atoms with Gasteiger partial charge in [0.25, 0.3) is 0 Å². The van der Waals surface area contributed by atoms with Crippen LogP contribution in [0, 0.1) is 0 Å². The molecule has 1 aliphatic heterocycles. The molecule has 20 heavy (non-hydrogen) atoms. The maximum Gasteiger partial charge on any atom is 0.243 e. The highest BCUT2D eigenvalue weighted by Crippen LogP contribution is 2.35. The number of piperidine rings is 1. The average molecular weight is 336 g/mol. The highest BCUT2D eigenvalue weighted by Gasteiger charge is 2.28. The Balaban J connectivity index is 2.12. The van der Waals surface area contributed by atoms with Crippen molar-refractivity contribution in [3.8, 4) is 0 Å². The summed E-state index contributed by atoms with van der Waals surface area (Å²) < 4.78 is 0. The van der Waals surface area contributed by atoms with Crippen LogP contribution in [0.2, 0.25) is 15.1 Å². The van der Waals surface area contributed by atoms with Gasteiger partial charge in [0.05, 0.1) is 21.1 Å². The van der Waals surface area contributed by atoms with Gasteiger partial charge >= 0.3 is 0 Å². The molecule has 0 saturated carbocycles. The van der Waals surface area contributed by atoms with E-state index in [9.17, 15) is 9.59 Å². The Morgan fingerprint density at radius 2 is 1.95 bits per heavy atom. The van der Waals surface area contributed by atoms with Crippen molar-refractivity contribution < 1.29 is 9.59 Å². The summed E-state index contributed by atoms with van der Waals surface area (Å²) in [7, 11) is 0. The number of hydrogen-bond donors (Lipinski definition) is 2. The van der Waals surface area contributed by atoms with Crippen LogP contribution in [-0.2, 0) is 9.59 Å². The number of amides is 2. The minimum absolute atomic E-state index is 0.193. The van der Waals surface area contributed by atoms with E-state index in [4.69, 9.17) is 34.8 Å². The standard InChI is InChI=1S/C13H13Cl3N2O2/c1-6(7-2-3-8(14)12(16)11(7)15)17-9-4-5-10(19)18-13(9)20/h2-3,6,9,17H,4-5H2,1H3,(H,18,19,20). The van der Waals surface area contributed by atoms with Crippen LogP contribution in [-0.4, -0.2) is 17.9 Å². The van der Waals surface area contributed by atoms with Gasteiger partial charge in [-0.1, -0.05) is 40.9 Å². The SMILES string of the molecule is CC(NC1CCC(=O)NC1=O)c1ccc(Cl)c(Cl)c1Cl. The van der Waals surface area contributed by atoms with E-state index >= 15 is 0 Å². The smallest absolute Gasteiger partial charge is 0.243 e. The molecule has 0 radical (unpaired) electrons. The van der Waals surface area contributed by atoms with Gasteiger partial charge in [0.1, 0.15) is 0 Å². The molecule has 0 aliphatic carbocycles. The Kier molecular flexibility index (Phi) is 4.91. The third kappa shape index (κ3) is 3.26. The van der Waals surface area contributed by atoms with Crippen molar-refractivity contribution in [3.63, 3.8) is 0 Å². The van der Waals surface area contributed by atoms with Gasteiger partial charge in [0.15, 0.2) is 0 Å². The number of halogens is 3. The molecule has 1 heterocycles. The van der Waals surface area contributed by atoms with Crippen LogP contribution in [0.15, 0.2) is 12.1 Å². The van der Waals surface area contributed by atoms with Crippen LogP contribution >= 0.6 is 34.8 Å². The van der Waals surface area contributed by atoms with E-state index in [2.05, 4.69) is 10.6 Å². The van der Waals surface area contributed by atoms with Gasteiger partial charge in [-0.05, 0) is 25.0 Å². The second-order valence-corrected chi connectivity index (χ2v) is 5.82. The zero-order valence-corrected chi connectivity index (χ0v) is 12.9. The molecule has 7 heteroatoms. The predicted octanol–water partition coefficient (Wildman–Crippen LogP) is 3.10. The third-order valence-electron chi connectivity index (χ3n) is 3.22. The molecular formula is C13H13Cl3N2O2. The first-order chi connectivity index (χ1) is 9.40.